The van der Waals surface area contributed by atoms with Gasteiger partial charge in [-0.05, 0) is 45.9 Å². The first-order valence-corrected chi connectivity index (χ1v) is 6.70. The molecule has 1 amide bonds. The van der Waals surface area contributed by atoms with Crippen LogP contribution in [0.25, 0.3) is 0 Å². The van der Waals surface area contributed by atoms with E-state index in [1.54, 1.807) is 19.1 Å². The molecule has 0 spiro atoms. The predicted octanol–water partition coefficient (Wildman–Crippen LogP) is 1.77. The van der Waals surface area contributed by atoms with Crippen molar-refractivity contribution in [2.75, 3.05) is 18.2 Å². The van der Waals surface area contributed by atoms with Gasteiger partial charge < -0.3 is 21.1 Å². The molecule has 4 N–H and O–H groups in total. The van der Waals surface area contributed by atoms with Crippen LogP contribution in [0, 0.1) is 0 Å². The zero-order valence-corrected chi connectivity index (χ0v) is 13.1. The number of rotatable bonds is 4. The lowest BCUT2D eigenvalue weighted by Crippen LogP contribution is -2.47. The fourth-order valence-corrected chi connectivity index (χ4v) is 1.74. The van der Waals surface area contributed by atoms with Crippen LogP contribution in [0.4, 0.5) is 11.4 Å². The summed E-state index contributed by atoms with van der Waals surface area (Å²) in [5.41, 5.74) is 6.62. The number of benzene rings is 1. The highest BCUT2D eigenvalue weighted by molar-refractivity contribution is 5.97. The van der Waals surface area contributed by atoms with Gasteiger partial charge in [-0.15, -0.1) is 0 Å². The summed E-state index contributed by atoms with van der Waals surface area (Å²) < 4.78 is 4.72. The van der Waals surface area contributed by atoms with Crippen LogP contribution in [0.5, 0.6) is 0 Å². The van der Waals surface area contributed by atoms with E-state index in [1.807, 2.05) is 20.8 Å². The van der Waals surface area contributed by atoms with Crippen molar-refractivity contribution in [2.45, 2.75) is 39.3 Å². The minimum absolute atomic E-state index is 0.157. The van der Waals surface area contributed by atoms with Crippen LogP contribution >= 0.6 is 0 Å². The number of hydrogen-bond donors (Lipinski definition) is 3. The molecular formula is C15H23N3O3. The SMILES string of the molecule is COC(=O)c1cc(N)ccc1NC(C)C(=O)NC(C)(C)C. The minimum Gasteiger partial charge on any atom is -0.465 e. The predicted molar refractivity (Wildman–Crippen MR) is 83.2 cm³/mol. The molecule has 0 fully saturated rings. The number of esters is 1. The van der Waals surface area contributed by atoms with E-state index in [2.05, 4.69) is 10.6 Å². The van der Waals surface area contributed by atoms with Gasteiger partial charge in [0, 0.05) is 16.9 Å². The lowest BCUT2D eigenvalue weighted by molar-refractivity contribution is -0.122. The standard InChI is InChI=1S/C15H23N3O3/c1-9(13(19)18-15(2,3)4)17-12-7-6-10(16)8-11(12)14(20)21-5/h6-9,17H,16H2,1-5H3,(H,18,19). The Bertz CT molecular complexity index is 535. The first-order chi connectivity index (χ1) is 9.64. The topological polar surface area (TPSA) is 93.4 Å². The van der Waals surface area contributed by atoms with Gasteiger partial charge in [0.2, 0.25) is 5.91 Å². The summed E-state index contributed by atoms with van der Waals surface area (Å²) in [6.45, 7) is 7.43. The van der Waals surface area contributed by atoms with Crippen molar-refractivity contribution >= 4 is 23.3 Å². The van der Waals surface area contributed by atoms with Crippen molar-refractivity contribution < 1.29 is 14.3 Å². The van der Waals surface area contributed by atoms with Gasteiger partial charge in [-0.25, -0.2) is 4.79 Å². The maximum Gasteiger partial charge on any atom is 0.340 e. The highest BCUT2D eigenvalue weighted by Gasteiger charge is 2.21. The molecule has 0 aliphatic heterocycles. The number of hydrogen-bond acceptors (Lipinski definition) is 5. The Hall–Kier alpha value is -2.24. The molecule has 0 bridgehead atoms. The number of carbonyl (C=O) groups excluding carboxylic acids is 2. The Labute approximate surface area is 125 Å². The van der Waals surface area contributed by atoms with Crippen LogP contribution in [0.15, 0.2) is 18.2 Å². The number of nitrogen functional groups attached to an aromatic ring is 1. The maximum absolute atomic E-state index is 12.1. The fourth-order valence-electron chi connectivity index (χ4n) is 1.74. The molecule has 1 unspecified atom stereocenters. The second-order valence-corrected chi connectivity index (χ2v) is 5.90. The highest BCUT2D eigenvalue weighted by atomic mass is 16.5. The van der Waals surface area contributed by atoms with Crippen LogP contribution in [-0.4, -0.2) is 30.6 Å². The Morgan fingerprint density at radius 1 is 1.29 bits per heavy atom. The molecular weight excluding hydrogens is 270 g/mol. The Morgan fingerprint density at radius 2 is 1.90 bits per heavy atom. The van der Waals surface area contributed by atoms with Crippen LogP contribution < -0.4 is 16.4 Å². The van der Waals surface area contributed by atoms with Gasteiger partial charge in [-0.3, -0.25) is 4.79 Å². The second-order valence-electron chi connectivity index (χ2n) is 5.90. The van der Waals surface area contributed by atoms with Crippen molar-refractivity contribution in [2.24, 2.45) is 0 Å². The van der Waals surface area contributed by atoms with Crippen LogP contribution in [0.2, 0.25) is 0 Å². The molecule has 1 aromatic carbocycles. The summed E-state index contributed by atoms with van der Waals surface area (Å²) in [5, 5.41) is 5.88. The zero-order valence-electron chi connectivity index (χ0n) is 13.1. The van der Waals surface area contributed by atoms with E-state index in [-0.39, 0.29) is 11.4 Å². The first-order valence-electron chi connectivity index (χ1n) is 6.70. The molecule has 0 aliphatic carbocycles. The van der Waals surface area contributed by atoms with Crippen molar-refractivity contribution in [3.05, 3.63) is 23.8 Å². The minimum atomic E-state index is -0.506. The van der Waals surface area contributed by atoms with E-state index in [0.29, 0.717) is 16.9 Å². The van der Waals surface area contributed by atoms with E-state index in [0.717, 1.165) is 0 Å². The number of nitrogens with one attached hydrogen (secondary N) is 2. The molecule has 1 aromatic rings. The molecule has 0 aromatic heterocycles. The third kappa shape index (κ3) is 4.98. The Balaban J connectivity index is 2.92. The summed E-state index contributed by atoms with van der Waals surface area (Å²) in [5.74, 6) is -0.664. The summed E-state index contributed by atoms with van der Waals surface area (Å²) >= 11 is 0. The van der Waals surface area contributed by atoms with Crippen LogP contribution in [0.3, 0.4) is 0 Å². The molecule has 116 valence electrons. The number of methoxy groups -OCH3 is 1. The molecule has 1 atom stereocenters. The summed E-state index contributed by atoms with van der Waals surface area (Å²) in [6.07, 6.45) is 0. The van der Waals surface area contributed by atoms with E-state index < -0.39 is 12.0 Å². The largest absolute Gasteiger partial charge is 0.465 e. The average Bonchev–Trinajstić information content (AvgIpc) is 2.37. The van der Waals surface area contributed by atoms with E-state index in [1.165, 1.54) is 13.2 Å². The third-order valence-corrected chi connectivity index (χ3v) is 2.71. The fraction of sp³-hybridized carbons (Fsp3) is 0.467. The van der Waals surface area contributed by atoms with Crippen molar-refractivity contribution in [3.8, 4) is 0 Å². The number of amides is 1. The molecule has 0 heterocycles. The van der Waals surface area contributed by atoms with Gasteiger partial charge in [0.05, 0.1) is 12.7 Å². The van der Waals surface area contributed by atoms with Gasteiger partial charge in [0.1, 0.15) is 6.04 Å². The molecule has 6 heteroatoms. The Kier molecular flexibility index (Phi) is 5.18. The molecule has 0 saturated carbocycles. The third-order valence-electron chi connectivity index (χ3n) is 2.71. The van der Waals surface area contributed by atoms with Crippen molar-refractivity contribution in [1.29, 1.82) is 0 Å². The lowest BCUT2D eigenvalue weighted by Gasteiger charge is -2.24. The highest BCUT2D eigenvalue weighted by Crippen LogP contribution is 2.21. The molecule has 1 rings (SSSR count). The zero-order chi connectivity index (χ0) is 16.2. The van der Waals surface area contributed by atoms with Crippen molar-refractivity contribution in [3.63, 3.8) is 0 Å². The summed E-state index contributed by atoms with van der Waals surface area (Å²) in [6, 6.07) is 4.32. The smallest absolute Gasteiger partial charge is 0.340 e. The number of carbonyl (C=O) groups is 2. The van der Waals surface area contributed by atoms with E-state index >= 15 is 0 Å². The van der Waals surface area contributed by atoms with Crippen LogP contribution in [0.1, 0.15) is 38.1 Å². The summed E-state index contributed by atoms with van der Waals surface area (Å²) in [4.78, 5) is 23.8. The lowest BCUT2D eigenvalue weighted by atomic mass is 10.1. The number of anilines is 2. The molecule has 6 nitrogen and oxygen atoms in total. The summed E-state index contributed by atoms with van der Waals surface area (Å²) in [7, 11) is 1.30. The molecule has 21 heavy (non-hydrogen) atoms. The van der Waals surface area contributed by atoms with Crippen LogP contribution in [-0.2, 0) is 9.53 Å². The van der Waals surface area contributed by atoms with Gasteiger partial charge in [-0.2, -0.15) is 0 Å². The molecule has 0 aliphatic rings. The number of ether oxygens (including phenoxy) is 1. The maximum atomic E-state index is 12.1. The van der Waals surface area contributed by atoms with Gasteiger partial charge >= 0.3 is 5.97 Å². The first kappa shape index (κ1) is 16.8. The quantitative estimate of drug-likeness (QED) is 0.581. The monoisotopic (exact) mass is 293 g/mol. The normalized spacial score (nSPS) is 12.4. The van der Waals surface area contributed by atoms with Gasteiger partial charge in [0.15, 0.2) is 0 Å². The molecule has 0 saturated heterocycles. The molecule has 0 radical (unpaired) electrons. The second kappa shape index (κ2) is 6.47. The van der Waals surface area contributed by atoms with Crippen molar-refractivity contribution in [1.82, 2.24) is 5.32 Å². The number of nitrogens with two attached hydrogens (primary N) is 1. The average molecular weight is 293 g/mol. The van der Waals surface area contributed by atoms with E-state index in [9.17, 15) is 9.59 Å². The van der Waals surface area contributed by atoms with Gasteiger partial charge in [0.25, 0.3) is 0 Å². The van der Waals surface area contributed by atoms with E-state index in [4.69, 9.17) is 10.5 Å². The Morgan fingerprint density at radius 3 is 2.43 bits per heavy atom. The van der Waals surface area contributed by atoms with Gasteiger partial charge in [-0.1, -0.05) is 0 Å².